The zero-order chi connectivity index (χ0) is 14.9. The number of alkyl halides is 3. The Kier molecular flexibility index (Phi) is 3.94. The van der Waals surface area contributed by atoms with Crippen LogP contribution in [0.1, 0.15) is 5.56 Å². The summed E-state index contributed by atoms with van der Waals surface area (Å²) >= 11 is 3.19. The van der Waals surface area contributed by atoms with Gasteiger partial charge in [0.1, 0.15) is 11.5 Å². The van der Waals surface area contributed by atoms with Crippen molar-refractivity contribution in [2.75, 3.05) is 7.11 Å². The highest BCUT2D eigenvalue weighted by Crippen LogP contribution is 2.39. The Labute approximate surface area is 121 Å². The van der Waals surface area contributed by atoms with Crippen LogP contribution in [0.15, 0.2) is 40.9 Å². The molecule has 0 saturated heterocycles. The molecule has 0 aromatic heterocycles. The van der Waals surface area contributed by atoms with Gasteiger partial charge < -0.3 is 9.84 Å². The summed E-state index contributed by atoms with van der Waals surface area (Å²) in [7, 11) is 1.19. The molecule has 2 aromatic rings. The average molecular weight is 347 g/mol. The van der Waals surface area contributed by atoms with E-state index in [1.165, 1.54) is 31.4 Å². The number of phenols is 1. The molecule has 0 saturated carbocycles. The van der Waals surface area contributed by atoms with E-state index in [0.29, 0.717) is 15.6 Å². The fraction of sp³-hybridized carbons (Fsp3) is 0.143. The van der Waals surface area contributed by atoms with Gasteiger partial charge >= 0.3 is 6.18 Å². The fourth-order valence-corrected chi connectivity index (χ4v) is 2.33. The molecule has 0 bridgehead atoms. The van der Waals surface area contributed by atoms with Crippen molar-refractivity contribution in [2.45, 2.75) is 6.18 Å². The molecule has 0 aliphatic heterocycles. The highest BCUT2D eigenvalue weighted by Gasteiger charge is 2.34. The number of rotatable bonds is 2. The molecule has 2 aromatic carbocycles. The summed E-state index contributed by atoms with van der Waals surface area (Å²) in [6.07, 6.45) is -4.50. The van der Waals surface area contributed by atoms with E-state index in [1.54, 1.807) is 6.07 Å². The summed E-state index contributed by atoms with van der Waals surface area (Å²) in [6, 6.07) is 8.25. The van der Waals surface area contributed by atoms with Crippen LogP contribution in [0.3, 0.4) is 0 Å². The lowest BCUT2D eigenvalue weighted by atomic mass is 10.0. The molecule has 0 aliphatic rings. The monoisotopic (exact) mass is 346 g/mol. The summed E-state index contributed by atoms with van der Waals surface area (Å²) in [5, 5.41) is 9.51. The van der Waals surface area contributed by atoms with Crippen molar-refractivity contribution in [1.29, 1.82) is 0 Å². The number of methoxy groups -OCH3 is 1. The predicted molar refractivity (Wildman–Crippen MR) is 72.8 cm³/mol. The topological polar surface area (TPSA) is 29.5 Å². The van der Waals surface area contributed by atoms with Crippen molar-refractivity contribution >= 4 is 15.9 Å². The highest BCUT2D eigenvalue weighted by atomic mass is 79.9. The van der Waals surface area contributed by atoms with Crippen molar-refractivity contribution < 1.29 is 23.0 Å². The second-order valence-corrected chi connectivity index (χ2v) is 5.03. The van der Waals surface area contributed by atoms with Crippen LogP contribution >= 0.6 is 15.9 Å². The number of phenolic OH excluding ortho intramolecular Hbond substituents is 1. The van der Waals surface area contributed by atoms with Crippen LogP contribution < -0.4 is 4.74 Å². The lowest BCUT2D eigenvalue weighted by Gasteiger charge is -2.14. The zero-order valence-electron chi connectivity index (χ0n) is 10.3. The molecule has 0 spiro atoms. The maximum atomic E-state index is 13.0. The number of hydrogen-bond acceptors (Lipinski definition) is 2. The Hall–Kier alpha value is -1.69. The molecule has 0 aliphatic carbocycles. The summed E-state index contributed by atoms with van der Waals surface area (Å²) < 4.78 is 44.2. The highest BCUT2D eigenvalue weighted by molar-refractivity contribution is 9.10. The van der Waals surface area contributed by atoms with Crippen molar-refractivity contribution in [1.82, 2.24) is 0 Å². The molecule has 0 heterocycles. The van der Waals surface area contributed by atoms with Crippen LogP contribution in [-0.2, 0) is 6.18 Å². The molecule has 106 valence electrons. The summed E-state index contributed by atoms with van der Waals surface area (Å²) in [5.41, 5.74) is -0.0308. The third-order valence-electron chi connectivity index (χ3n) is 2.72. The van der Waals surface area contributed by atoms with Gasteiger partial charge in [-0.1, -0.05) is 22.0 Å². The standard InChI is InChI=1S/C14H10BrF3O2/c1-20-13-3-2-8(6-12(13)14(16,17)18)9-4-10(15)7-11(19)5-9/h2-7,19H,1H3. The Bertz CT molecular complexity index is 619. The van der Waals surface area contributed by atoms with Crippen LogP contribution in [0.4, 0.5) is 13.2 Å². The van der Waals surface area contributed by atoms with Crippen LogP contribution in [-0.4, -0.2) is 12.2 Å². The van der Waals surface area contributed by atoms with Crippen LogP contribution in [0, 0.1) is 0 Å². The molecular weight excluding hydrogens is 337 g/mol. The van der Waals surface area contributed by atoms with Gasteiger partial charge in [-0.3, -0.25) is 0 Å². The molecule has 0 unspecified atom stereocenters. The summed E-state index contributed by atoms with van der Waals surface area (Å²) in [6.45, 7) is 0. The lowest BCUT2D eigenvalue weighted by molar-refractivity contribution is -0.138. The minimum absolute atomic E-state index is 0.0289. The first-order chi connectivity index (χ1) is 9.31. The summed E-state index contributed by atoms with van der Waals surface area (Å²) in [5.74, 6) is -0.265. The van der Waals surface area contributed by atoms with E-state index < -0.39 is 11.7 Å². The SMILES string of the molecule is COc1ccc(-c2cc(O)cc(Br)c2)cc1C(F)(F)F. The maximum Gasteiger partial charge on any atom is 0.419 e. The molecule has 1 N–H and O–H groups in total. The van der Waals surface area contributed by atoms with Crippen molar-refractivity contribution in [3.05, 3.63) is 46.4 Å². The van der Waals surface area contributed by atoms with Gasteiger partial charge in [0.2, 0.25) is 0 Å². The molecule has 2 nitrogen and oxygen atoms in total. The Morgan fingerprint density at radius 1 is 1.05 bits per heavy atom. The molecule has 20 heavy (non-hydrogen) atoms. The van der Waals surface area contributed by atoms with Gasteiger partial charge in [-0.15, -0.1) is 0 Å². The smallest absolute Gasteiger partial charge is 0.419 e. The first-order valence-electron chi connectivity index (χ1n) is 5.56. The number of hydrogen-bond donors (Lipinski definition) is 1. The van der Waals surface area contributed by atoms with Gasteiger partial charge in [0.25, 0.3) is 0 Å². The molecule has 6 heteroatoms. The minimum atomic E-state index is -4.50. The lowest BCUT2D eigenvalue weighted by Crippen LogP contribution is -2.07. The number of halogens is 4. The first kappa shape index (κ1) is 14.7. The van der Waals surface area contributed by atoms with E-state index in [-0.39, 0.29) is 11.5 Å². The third-order valence-corrected chi connectivity index (χ3v) is 3.18. The van der Waals surface area contributed by atoms with Gasteiger partial charge in [-0.05, 0) is 41.5 Å². The fourth-order valence-electron chi connectivity index (χ4n) is 1.85. The summed E-state index contributed by atoms with van der Waals surface area (Å²) in [4.78, 5) is 0. The van der Waals surface area contributed by atoms with Gasteiger partial charge in [-0.2, -0.15) is 13.2 Å². The van der Waals surface area contributed by atoms with Crippen LogP contribution in [0.25, 0.3) is 11.1 Å². The number of aromatic hydroxyl groups is 1. The molecule has 2 rings (SSSR count). The zero-order valence-corrected chi connectivity index (χ0v) is 11.9. The van der Waals surface area contributed by atoms with Gasteiger partial charge in [0, 0.05) is 4.47 Å². The van der Waals surface area contributed by atoms with Crippen molar-refractivity contribution in [3.8, 4) is 22.6 Å². The van der Waals surface area contributed by atoms with Crippen LogP contribution in [0.2, 0.25) is 0 Å². The molecular formula is C14H10BrF3O2. The van der Waals surface area contributed by atoms with E-state index in [9.17, 15) is 18.3 Å². The van der Waals surface area contributed by atoms with E-state index in [4.69, 9.17) is 4.74 Å². The van der Waals surface area contributed by atoms with E-state index in [0.717, 1.165) is 6.07 Å². The minimum Gasteiger partial charge on any atom is -0.508 e. The van der Waals surface area contributed by atoms with Gasteiger partial charge in [-0.25, -0.2) is 0 Å². The van der Waals surface area contributed by atoms with Gasteiger partial charge in [0.15, 0.2) is 0 Å². The number of benzene rings is 2. The van der Waals surface area contributed by atoms with E-state index in [1.807, 2.05) is 0 Å². The number of ether oxygens (including phenoxy) is 1. The quantitative estimate of drug-likeness (QED) is 0.842. The molecule has 0 amide bonds. The normalized spacial score (nSPS) is 11.4. The van der Waals surface area contributed by atoms with Gasteiger partial charge in [0.05, 0.1) is 12.7 Å². The first-order valence-corrected chi connectivity index (χ1v) is 6.35. The largest absolute Gasteiger partial charge is 0.508 e. The molecule has 0 atom stereocenters. The maximum absolute atomic E-state index is 13.0. The second-order valence-electron chi connectivity index (χ2n) is 4.11. The van der Waals surface area contributed by atoms with Crippen LogP contribution in [0.5, 0.6) is 11.5 Å². The van der Waals surface area contributed by atoms with Crippen molar-refractivity contribution in [2.24, 2.45) is 0 Å². The Balaban J connectivity index is 2.58. The van der Waals surface area contributed by atoms with Crippen molar-refractivity contribution in [3.63, 3.8) is 0 Å². The predicted octanol–water partition coefficient (Wildman–Crippen LogP) is 4.85. The average Bonchev–Trinajstić information content (AvgIpc) is 2.35. The Morgan fingerprint density at radius 3 is 2.30 bits per heavy atom. The Morgan fingerprint density at radius 2 is 1.75 bits per heavy atom. The molecule has 0 fully saturated rings. The third kappa shape index (κ3) is 3.07. The second kappa shape index (κ2) is 5.36. The van der Waals surface area contributed by atoms with E-state index >= 15 is 0 Å². The molecule has 0 radical (unpaired) electrons. The van der Waals surface area contributed by atoms with E-state index in [2.05, 4.69) is 15.9 Å².